The maximum atomic E-state index is 12.5. The number of hydrogen-bond acceptors (Lipinski definition) is 4. The number of rotatable bonds is 5. The monoisotopic (exact) mass is 265 g/mol. The van der Waals surface area contributed by atoms with Crippen LogP contribution in [0.1, 0.15) is 48.9 Å². The highest BCUT2D eigenvalue weighted by Gasteiger charge is 2.24. The largest absolute Gasteiger partial charge is 0.438 e. The van der Waals surface area contributed by atoms with Crippen molar-refractivity contribution in [2.24, 2.45) is 0 Å². The summed E-state index contributed by atoms with van der Waals surface area (Å²) in [6.07, 6.45) is 5.91. The molecule has 1 N–H and O–H groups in total. The van der Waals surface area contributed by atoms with Crippen molar-refractivity contribution in [1.29, 1.82) is 0 Å². The predicted octanol–water partition coefficient (Wildman–Crippen LogP) is 1.98. The van der Waals surface area contributed by atoms with Gasteiger partial charge in [-0.05, 0) is 32.7 Å². The predicted molar refractivity (Wildman–Crippen MR) is 73.1 cm³/mol. The standard InChI is InChI=1S/C14H23N3O2/c1-3-8-17(9-12-6-4-5-7-15-12)14(18)13-11(2)16-10-19-13/h10,12,15H,3-9H2,1-2H3. The lowest BCUT2D eigenvalue weighted by atomic mass is 10.0. The van der Waals surface area contributed by atoms with Crippen LogP contribution in [0.15, 0.2) is 10.8 Å². The number of nitrogens with one attached hydrogen (secondary N) is 1. The Bertz CT molecular complexity index is 411. The van der Waals surface area contributed by atoms with Gasteiger partial charge in [0.1, 0.15) is 0 Å². The van der Waals surface area contributed by atoms with Gasteiger partial charge in [0.15, 0.2) is 6.39 Å². The van der Waals surface area contributed by atoms with Crippen molar-refractivity contribution in [3.05, 3.63) is 17.8 Å². The molecule has 1 aliphatic heterocycles. The number of aromatic nitrogens is 1. The molecule has 1 unspecified atom stereocenters. The first-order valence-electron chi connectivity index (χ1n) is 7.15. The van der Waals surface area contributed by atoms with E-state index < -0.39 is 0 Å². The summed E-state index contributed by atoms with van der Waals surface area (Å²) in [6, 6.07) is 0.410. The van der Waals surface area contributed by atoms with Crippen molar-refractivity contribution >= 4 is 5.91 Å². The Hall–Kier alpha value is -1.36. The molecule has 1 aliphatic rings. The van der Waals surface area contributed by atoms with Crippen LogP contribution in [0.25, 0.3) is 0 Å². The van der Waals surface area contributed by atoms with E-state index in [1.165, 1.54) is 19.2 Å². The van der Waals surface area contributed by atoms with Crippen molar-refractivity contribution in [1.82, 2.24) is 15.2 Å². The molecule has 0 bridgehead atoms. The summed E-state index contributed by atoms with van der Waals surface area (Å²) < 4.78 is 5.22. The van der Waals surface area contributed by atoms with Crippen LogP contribution in [0.3, 0.4) is 0 Å². The van der Waals surface area contributed by atoms with E-state index in [1.807, 2.05) is 4.90 Å². The quantitative estimate of drug-likeness (QED) is 0.884. The maximum Gasteiger partial charge on any atom is 0.291 e. The number of carbonyl (C=O) groups is 1. The number of carbonyl (C=O) groups excluding carboxylic acids is 1. The van der Waals surface area contributed by atoms with Gasteiger partial charge in [0.05, 0.1) is 5.69 Å². The zero-order valence-electron chi connectivity index (χ0n) is 11.8. The smallest absolute Gasteiger partial charge is 0.291 e. The highest BCUT2D eigenvalue weighted by molar-refractivity contribution is 5.92. The van der Waals surface area contributed by atoms with Crippen LogP contribution >= 0.6 is 0 Å². The Morgan fingerprint density at radius 1 is 1.58 bits per heavy atom. The van der Waals surface area contributed by atoms with E-state index in [1.54, 1.807) is 6.92 Å². The fraction of sp³-hybridized carbons (Fsp3) is 0.714. The minimum absolute atomic E-state index is 0.0378. The Morgan fingerprint density at radius 3 is 3.00 bits per heavy atom. The number of hydrogen-bond donors (Lipinski definition) is 1. The van der Waals surface area contributed by atoms with Crippen molar-refractivity contribution in [2.45, 2.75) is 45.6 Å². The van der Waals surface area contributed by atoms with Crippen LogP contribution in [0.5, 0.6) is 0 Å². The summed E-state index contributed by atoms with van der Waals surface area (Å²) in [4.78, 5) is 18.3. The maximum absolute atomic E-state index is 12.5. The van der Waals surface area contributed by atoms with Crippen molar-refractivity contribution < 1.29 is 9.21 Å². The third-order valence-electron chi connectivity index (χ3n) is 3.57. The van der Waals surface area contributed by atoms with Gasteiger partial charge in [-0.3, -0.25) is 4.79 Å². The molecule has 1 atom stereocenters. The average molecular weight is 265 g/mol. The van der Waals surface area contributed by atoms with E-state index in [0.717, 1.165) is 32.5 Å². The molecule has 1 aromatic heterocycles. The Balaban J connectivity index is 2.02. The second-order valence-electron chi connectivity index (χ2n) is 5.16. The first kappa shape index (κ1) is 14.1. The lowest BCUT2D eigenvalue weighted by Gasteiger charge is -2.30. The molecule has 5 nitrogen and oxygen atoms in total. The fourth-order valence-electron chi connectivity index (χ4n) is 2.54. The van der Waals surface area contributed by atoms with Crippen LogP contribution in [-0.4, -0.2) is 41.5 Å². The second kappa shape index (κ2) is 6.70. The summed E-state index contributed by atoms with van der Waals surface area (Å²) in [6.45, 7) is 6.46. The van der Waals surface area contributed by atoms with Crippen molar-refractivity contribution in [3.63, 3.8) is 0 Å². The highest BCUT2D eigenvalue weighted by Crippen LogP contribution is 2.13. The van der Waals surface area contributed by atoms with Crippen LogP contribution in [0.2, 0.25) is 0 Å². The zero-order chi connectivity index (χ0) is 13.7. The number of amides is 1. The molecule has 5 heteroatoms. The Morgan fingerprint density at radius 2 is 2.42 bits per heavy atom. The molecule has 1 fully saturated rings. The molecule has 0 radical (unpaired) electrons. The second-order valence-corrected chi connectivity index (χ2v) is 5.16. The van der Waals surface area contributed by atoms with Gasteiger partial charge in [0.2, 0.25) is 5.76 Å². The van der Waals surface area contributed by atoms with Gasteiger partial charge in [-0.25, -0.2) is 4.98 Å². The van der Waals surface area contributed by atoms with Crippen LogP contribution in [0, 0.1) is 6.92 Å². The summed E-state index contributed by atoms with van der Waals surface area (Å²) in [5, 5.41) is 3.48. The van der Waals surface area contributed by atoms with Gasteiger partial charge in [-0.1, -0.05) is 13.3 Å². The van der Waals surface area contributed by atoms with Gasteiger partial charge >= 0.3 is 0 Å². The van der Waals surface area contributed by atoms with Crippen LogP contribution in [0.4, 0.5) is 0 Å². The summed E-state index contributed by atoms with van der Waals surface area (Å²) in [5.41, 5.74) is 0.669. The Kier molecular flexibility index (Phi) is 4.96. The minimum atomic E-state index is -0.0378. The first-order chi connectivity index (χ1) is 9.22. The molecule has 0 saturated carbocycles. The number of piperidine rings is 1. The topological polar surface area (TPSA) is 58.4 Å². The molecule has 0 aliphatic carbocycles. The van der Waals surface area contributed by atoms with E-state index in [0.29, 0.717) is 17.5 Å². The van der Waals surface area contributed by atoms with E-state index >= 15 is 0 Å². The SMILES string of the molecule is CCCN(CC1CCCCN1)C(=O)c1ocnc1C. The van der Waals surface area contributed by atoms with Crippen LogP contribution < -0.4 is 5.32 Å². The third kappa shape index (κ3) is 3.56. The molecule has 1 saturated heterocycles. The molecule has 19 heavy (non-hydrogen) atoms. The molecule has 1 amide bonds. The van der Waals surface area contributed by atoms with Crippen molar-refractivity contribution in [3.8, 4) is 0 Å². The van der Waals surface area contributed by atoms with E-state index in [9.17, 15) is 4.79 Å². The molecule has 0 aromatic carbocycles. The van der Waals surface area contributed by atoms with Gasteiger partial charge in [-0.15, -0.1) is 0 Å². The van der Waals surface area contributed by atoms with Crippen molar-refractivity contribution in [2.75, 3.05) is 19.6 Å². The molecule has 2 heterocycles. The van der Waals surface area contributed by atoms with Gasteiger partial charge in [-0.2, -0.15) is 0 Å². The molecule has 1 aromatic rings. The number of nitrogens with zero attached hydrogens (tertiary/aromatic N) is 2. The van der Waals surface area contributed by atoms with Gasteiger partial charge in [0, 0.05) is 19.1 Å². The molecule has 106 valence electrons. The van der Waals surface area contributed by atoms with E-state index in [2.05, 4.69) is 17.2 Å². The summed E-state index contributed by atoms with van der Waals surface area (Å²) in [5.74, 6) is 0.341. The van der Waals surface area contributed by atoms with Crippen LogP contribution in [-0.2, 0) is 0 Å². The third-order valence-corrected chi connectivity index (χ3v) is 3.57. The normalized spacial score (nSPS) is 19.4. The minimum Gasteiger partial charge on any atom is -0.438 e. The number of oxazole rings is 1. The molecular formula is C14H23N3O2. The lowest BCUT2D eigenvalue weighted by molar-refractivity contribution is 0.0698. The zero-order valence-corrected chi connectivity index (χ0v) is 11.8. The fourth-order valence-corrected chi connectivity index (χ4v) is 2.54. The first-order valence-corrected chi connectivity index (χ1v) is 7.15. The highest BCUT2D eigenvalue weighted by atomic mass is 16.3. The molecular weight excluding hydrogens is 242 g/mol. The van der Waals surface area contributed by atoms with E-state index in [-0.39, 0.29) is 5.91 Å². The van der Waals surface area contributed by atoms with E-state index in [4.69, 9.17) is 4.42 Å². The summed E-state index contributed by atoms with van der Waals surface area (Å²) in [7, 11) is 0. The molecule has 2 rings (SSSR count). The average Bonchev–Trinajstić information content (AvgIpc) is 2.85. The summed E-state index contributed by atoms with van der Waals surface area (Å²) >= 11 is 0. The Labute approximate surface area is 114 Å². The number of aryl methyl sites for hydroxylation is 1. The lowest BCUT2D eigenvalue weighted by Crippen LogP contribution is -2.46. The molecule has 0 spiro atoms. The van der Waals surface area contributed by atoms with Gasteiger partial charge < -0.3 is 14.6 Å². The van der Waals surface area contributed by atoms with Gasteiger partial charge in [0.25, 0.3) is 5.91 Å².